The Morgan fingerprint density at radius 2 is 1.81 bits per heavy atom. The smallest absolute Gasteiger partial charge is 0.238 e. The van der Waals surface area contributed by atoms with Gasteiger partial charge in [-0.15, -0.1) is 11.6 Å². The fourth-order valence-corrected chi connectivity index (χ4v) is 3.82. The van der Waals surface area contributed by atoms with E-state index >= 15 is 0 Å². The zero-order chi connectivity index (χ0) is 19.1. The minimum absolute atomic E-state index is 0.103. The number of hydrogen-bond donors (Lipinski definition) is 1. The maximum atomic E-state index is 12.2. The van der Waals surface area contributed by atoms with Crippen molar-refractivity contribution >= 4 is 33.5 Å². The van der Waals surface area contributed by atoms with Crippen LogP contribution in [-0.4, -0.2) is 26.6 Å². The highest BCUT2D eigenvalue weighted by molar-refractivity contribution is 7.89. The minimum Gasteiger partial charge on any atom is -0.264 e. The fourth-order valence-electron chi connectivity index (χ4n) is 2.86. The molecule has 0 aliphatic carbocycles. The molecule has 0 radical (unpaired) electrons. The van der Waals surface area contributed by atoms with Crippen molar-refractivity contribution in [2.24, 2.45) is 10.2 Å². The van der Waals surface area contributed by atoms with Crippen molar-refractivity contribution in [2.75, 3.05) is 11.6 Å². The molecule has 0 saturated carbocycles. The summed E-state index contributed by atoms with van der Waals surface area (Å²) in [6, 6.07) is 13.0. The largest absolute Gasteiger partial charge is 0.264 e. The molecule has 0 bridgehead atoms. The van der Waals surface area contributed by atoms with E-state index in [4.69, 9.17) is 16.7 Å². The first-order valence-electron chi connectivity index (χ1n) is 8.29. The summed E-state index contributed by atoms with van der Waals surface area (Å²) in [5.74, 6) is 0. The number of anilines is 1. The number of rotatable bonds is 3. The van der Waals surface area contributed by atoms with Gasteiger partial charge in [-0.05, 0) is 34.7 Å². The van der Waals surface area contributed by atoms with E-state index in [9.17, 15) is 8.42 Å². The minimum atomic E-state index is -3.85. The molecule has 2 N–H and O–H groups in total. The predicted octanol–water partition coefficient (Wildman–Crippen LogP) is 3.71. The number of nitrogens with two attached hydrogens (primary N) is 1. The Labute approximate surface area is 159 Å². The third-order valence-corrected chi connectivity index (χ3v) is 5.55. The molecule has 1 heterocycles. The number of nitrogens with zero attached hydrogens (tertiary/aromatic N) is 2. The highest BCUT2D eigenvalue weighted by Crippen LogP contribution is 2.33. The van der Waals surface area contributed by atoms with Crippen molar-refractivity contribution in [2.45, 2.75) is 36.5 Å². The lowest BCUT2D eigenvalue weighted by Crippen LogP contribution is -2.17. The van der Waals surface area contributed by atoms with Gasteiger partial charge in [0.1, 0.15) is 0 Å². The van der Waals surface area contributed by atoms with Crippen LogP contribution in [0.15, 0.2) is 52.5 Å². The Bertz CT molecular complexity index is 948. The Morgan fingerprint density at radius 3 is 2.31 bits per heavy atom. The summed E-state index contributed by atoms with van der Waals surface area (Å²) < 4.78 is 24.3. The Morgan fingerprint density at radius 1 is 1.15 bits per heavy atom. The lowest BCUT2D eigenvalue weighted by molar-refractivity contribution is 0.584. The Hall–Kier alpha value is -1.89. The zero-order valence-electron chi connectivity index (χ0n) is 15.0. The topological polar surface area (TPSA) is 75.8 Å². The van der Waals surface area contributed by atoms with Crippen LogP contribution >= 0.6 is 11.6 Å². The van der Waals surface area contributed by atoms with Crippen molar-refractivity contribution in [3.8, 4) is 11.1 Å². The van der Waals surface area contributed by atoms with Crippen molar-refractivity contribution in [1.82, 2.24) is 0 Å². The first-order chi connectivity index (χ1) is 12.1. The van der Waals surface area contributed by atoms with Gasteiger partial charge in [-0.1, -0.05) is 45.0 Å². The van der Waals surface area contributed by atoms with Gasteiger partial charge in [-0.2, -0.15) is 5.10 Å². The van der Waals surface area contributed by atoms with Gasteiger partial charge < -0.3 is 0 Å². The van der Waals surface area contributed by atoms with Crippen LogP contribution < -0.4 is 10.1 Å². The first kappa shape index (κ1) is 18.9. The third-order valence-electron chi connectivity index (χ3n) is 4.35. The van der Waals surface area contributed by atoms with Crippen LogP contribution in [0.5, 0.6) is 0 Å². The Balaban J connectivity index is 2.02. The van der Waals surface area contributed by atoms with Crippen LogP contribution in [0, 0.1) is 0 Å². The van der Waals surface area contributed by atoms with Crippen molar-refractivity contribution < 1.29 is 8.42 Å². The summed E-state index contributed by atoms with van der Waals surface area (Å²) in [6.07, 6.45) is 1.69. The number of primary sulfonamides is 1. The van der Waals surface area contributed by atoms with Gasteiger partial charge in [0.15, 0.2) is 0 Å². The van der Waals surface area contributed by atoms with E-state index in [0.717, 1.165) is 16.8 Å². The van der Waals surface area contributed by atoms with Gasteiger partial charge in [0.05, 0.1) is 22.5 Å². The standard InChI is InChI=1S/C19H22ClN3O2S/c1-19(2,3)14-6-9-17(18(10-14)26(21,24)25)13-4-7-16(8-5-13)23-12-15(20)11-22-23/h4-11,15H,12H2,1-3H3,(H2,21,24,25). The lowest BCUT2D eigenvalue weighted by atomic mass is 9.86. The second-order valence-corrected chi connectivity index (χ2v) is 9.51. The molecule has 2 aromatic carbocycles. The molecule has 1 aliphatic rings. The number of alkyl halides is 1. The SMILES string of the molecule is CC(C)(C)c1ccc(-c2ccc(N3CC(Cl)C=N3)cc2)c(S(N)(=O)=O)c1. The molecule has 1 aliphatic heterocycles. The molecular weight excluding hydrogens is 370 g/mol. The molecule has 138 valence electrons. The van der Waals surface area contributed by atoms with E-state index in [-0.39, 0.29) is 15.7 Å². The molecule has 0 amide bonds. The number of hydrogen-bond acceptors (Lipinski definition) is 4. The molecule has 1 unspecified atom stereocenters. The molecule has 0 aromatic heterocycles. The summed E-state index contributed by atoms with van der Waals surface area (Å²) in [4.78, 5) is 0.137. The van der Waals surface area contributed by atoms with Crippen LogP contribution in [0.3, 0.4) is 0 Å². The van der Waals surface area contributed by atoms with Gasteiger partial charge >= 0.3 is 0 Å². The normalized spacial score (nSPS) is 17.7. The average Bonchev–Trinajstić information content (AvgIpc) is 2.99. The van der Waals surface area contributed by atoms with Crippen LogP contribution in [0.1, 0.15) is 26.3 Å². The maximum absolute atomic E-state index is 12.2. The molecule has 5 nitrogen and oxygen atoms in total. The highest BCUT2D eigenvalue weighted by Gasteiger charge is 2.21. The third kappa shape index (κ3) is 3.92. The average molecular weight is 392 g/mol. The van der Waals surface area contributed by atoms with Gasteiger partial charge in [0.25, 0.3) is 0 Å². The maximum Gasteiger partial charge on any atom is 0.238 e. The summed E-state index contributed by atoms with van der Waals surface area (Å²) in [6.45, 7) is 6.71. The zero-order valence-corrected chi connectivity index (χ0v) is 16.6. The fraction of sp³-hybridized carbons (Fsp3) is 0.316. The quantitative estimate of drug-likeness (QED) is 0.810. The van der Waals surface area contributed by atoms with Gasteiger partial charge in [-0.3, -0.25) is 5.01 Å². The summed E-state index contributed by atoms with van der Waals surface area (Å²) in [5.41, 5.74) is 3.02. The predicted molar refractivity (Wildman–Crippen MR) is 107 cm³/mol. The monoisotopic (exact) mass is 391 g/mol. The molecule has 0 saturated heterocycles. The molecule has 7 heteroatoms. The van der Waals surface area contributed by atoms with Crippen molar-refractivity contribution in [1.29, 1.82) is 0 Å². The van der Waals surface area contributed by atoms with Crippen molar-refractivity contribution in [3.05, 3.63) is 48.0 Å². The van der Waals surface area contributed by atoms with Crippen molar-refractivity contribution in [3.63, 3.8) is 0 Å². The summed E-state index contributed by atoms with van der Waals surface area (Å²) >= 11 is 6.03. The van der Waals surface area contributed by atoms with E-state index in [2.05, 4.69) is 5.10 Å². The first-order valence-corrected chi connectivity index (χ1v) is 10.3. The van der Waals surface area contributed by atoms with Crippen LogP contribution in [-0.2, 0) is 15.4 Å². The second-order valence-electron chi connectivity index (χ2n) is 7.42. The summed E-state index contributed by atoms with van der Waals surface area (Å²) in [7, 11) is -3.85. The highest BCUT2D eigenvalue weighted by atomic mass is 35.5. The van der Waals surface area contributed by atoms with E-state index in [1.54, 1.807) is 12.3 Å². The van der Waals surface area contributed by atoms with E-state index in [1.165, 1.54) is 0 Å². The van der Waals surface area contributed by atoms with Crippen LogP contribution in [0.2, 0.25) is 0 Å². The molecule has 0 fully saturated rings. The van der Waals surface area contributed by atoms with Crippen LogP contribution in [0.4, 0.5) is 5.69 Å². The number of benzene rings is 2. The molecule has 26 heavy (non-hydrogen) atoms. The molecule has 2 aromatic rings. The van der Waals surface area contributed by atoms with Gasteiger partial charge in [0.2, 0.25) is 10.0 Å². The van der Waals surface area contributed by atoms with E-state index in [1.807, 2.05) is 62.2 Å². The lowest BCUT2D eigenvalue weighted by Gasteiger charge is -2.21. The van der Waals surface area contributed by atoms with Crippen LogP contribution in [0.25, 0.3) is 11.1 Å². The molecule has 1 atom stereocenters. The second kappa shape index (κ2) is 6.68. The molecule has 3 rings (SSSR count). The number of sulfonamides is 1. The van der Waals surface area contributed by atoms with E-state index in [0.29, 0.717) is 12.1 Å². The molecular formula is C19H22ClN3O2S. The molecule has 0 spiro atoms. The summed E-state index contributed by atoms with van der Waals surface area (Å²) in [5, 5.41) is 11.4. The van der Waals surface area contributed by atoms with E-state index < -0.39 is 10.0 Å². The van der Waals surface area contributed by atoms with Gasteiger partial charge in [-0.25, -0.2) is 13.6 Å². The van der Waals surface area contributed by atoms with Gasteiger partial charge in [0, 0.05) is 11.8 Å². The number of halogens is 1. The number of hydrazone groups is 1. The Kier molecular flexibility index (Phi) is 4.86.